The first-order valence-electron chi connectivity index (χ1n) is 9.44. The molecule has 1 N–H and O–H groups in total. The average Bonchev–Trinajstić information content (AvgIpc) is 3.43. The van der Waals surface area contributed by atoms with Gasteiger partial charge in [0, 0.05) is 22.7 Å². The van der Waals surface area contributed by atoms with Gasteiger partial charge in [0.05, 0.1) is 27.0 Å². The van der Waals surface area contributed by atoms with E-state index in [1.54, 1.807) is 22.2 Å². The summed E-state index contributed by atoms with van der Waals surface area (Å²) in [5.41, 5.74) is 3.05. The van der Waals surface area contributed by atoms with Crippen LogP contribution in [-0.4, -0.2) is 25.7 Å². The van der Waals surface area contributed by atoms with E-state index >= 15 is 0 Å². The third kappa shape index (κ3) is 3.58. The number of aryl methyl sites for hydroxylation is 1. The van der Waals surface area contributed by atoms with Gasteiger partial charge in [-0.2, -0.15) is 9.78 Å². The van der Waals surface area contributed by atoms with Crippen molar-refractivity contribution in [2.45, 2.75) is 32.2 Å². The minimum Gasteiger partial charge on any atom is -0.347 e. The van der Waals surface area contributed by atoms with Gasteiger partial charge in [-0.3, -0.25) is 4.79 Å². The van der Waals surface area contributed by atoms with Gasteiger partial charge < -0.3 is 5.32 Å². The topological polar surface area (TPSA) is 72.7 Å². The summed E-state index contributed by atoms with van der Waals surface area (Å²) >= 11 is 5.08. The van der Waals surface area contributed by atoms with E-state index in [0.717, 1.165) is 38.3 Å². The monoisotopic (exact) mass is 467 g/mol. The highest BCUT2D eigenvalue weighted by atomic mass is 79.9. The molecule has 5 rings (SSSR count). The smallest absolute Gasteiger partial charge is 0.252 e. The highest BCUT2D eigenvalue weighted by molar-refractivity contribution is 9.11. The second-order valence-corrected chi connectivity index (χ2v) is 9.69. The molecular weight excluding hydrogens is 450 g/mol. The van der Waals surface area contributed by atoms with Crippen molar-refractivity contribution in [1.29, 1.82) is 0 Å². The minimum atomic E-state index is -0.104. The zero-order valence-corrected chi connectivity index (χ0v) is 18.1. The molecule has 0 spiro atoms. The van der Waals surface area contributed by atoms with Crippen LogP contribution in [0, 0.1) is 6.92 Å². The van der Waals surface area contributed by atoms with Crippen LogP contribution in [0.3, 0.4) is 0 Å². The van der Waals surface area contributed by atoms with Crippen molar-refractivity contribution in [3.05, 3.63) is 68.2 Å². The van der Waals surface area contributed by atoms with Gasteiger partial charge in [-0.25, -0.2) is 9.97 Å². The fraction of sp³-hybridized carbons (Fsp3) is 0.238. The van der Waals surface area contributed by atoms with E-state index in [0.29, 0.717) is 29.5 Å². The zero-order valence-electron chi connectivity index (χ0n) is 15.7. The van der Waals surface area contributed by atoms with Crippen LogP contribution in [0.1, 0.15) is 45.4 Å². The Morgan fingerprint density at radius 3 is 2.86 bits per heavy atom. The van der Waals surface area contributed by atoms with Gasteiger partial charge in [-0.15, -0.1) is 11.3 Å². The van der Waals surface area contributed by atoms with Crippen molar-refractivity contribution >= 4 is 44.2 Å². The lowest BCUT2D eigenvalue weighted by Crippen LogP contribution is -2.23. The number of hydrogen-bond donors (Lipinski definition) is 1. The molecule has 0 aliphatic heterocycles. The Kier molecular flexibility index (Phi) is 4.67. The number of hydrogen-bond acceptors (Lipinski definition) is 5. The number of nitrogens with one attached hydrogen (secondary N) is 1. The summed E-state index contributed by atoms with van der Waals surface area (Å²) in [4.78, 5) is 23.5. The molecule has 4 aromatic heterocycles. The second-order valence-electron chi connectivity index (χ2n) is 7.14. The van der Waals surface area contributed by atoms with Crippen LogP contribution in [0.15, 0.2) is 46.4 Å². The maximum atomic E-state index is 13.1. The van der Waals surface area contributed by atoms with Gasteiger partial charge in [0.1, 0.15) is 0 Å². The Balaban J connectivity index is 1.58. The van der Waals surface area contributed by atoms with Crippen molar-refractivity contribution in [3.63, 3.8) is 0 Å². The van der Waals surface area contributed by atoms with Crippen molar-refractivity contribution in [3.8, 4) is 5.82 Å². The fourth-order valence-corrected chi connectivity index (χ4v) is 4.85. The third-order valence-corrected chi connectivity index (χ3v) is 6.61. The molecule has 4 aromatic rings. The first kappa shape index (κ1) is 18.4. The van der Waals surface area contributed by atoms with E-state index in [9.17, 15) is 4.79 Å². The molecule has 1 aliphatic carbocycles. The molecule has 0 atom stereocenters. The molecule has 1 aliphatic rings. The van der Waals surface area contributed by atoms with E-state index in [2.05, 4.69) is 31.3 Å². The van der Waals surface area contributed by atoms with E-state index < -0.39 is 0 Å². The Bertz CT molecular complexity index is 1210. The molecule has 0 saturated heterocycles. The normalized spacial score (nSPS) is 13.7. The average molecular weight is 468 g/mol. The molecule has 1 amide bonds. The number of aromatic nitrogens is 4. The van der Waals surface area contributed by atoms with Crippen LogP contribution >= 0.6 is 27.3 Å². The molecule has 146 valence electrons. The molecular formula is C21H18BrN5OS. The number of halogens is 1. The number of pyridine rings is 2. The number of carbonyl (C=O) groups excluding carboxylic acids is 1. The standard InChI is InChI=1S/C21H18BrN5OS/c1-12-19-15(21(28)24-11-14-7-8-17(22)29-14)10-16(13-5-6-13)25-20(19)27(26-12)18-4-2-3-9-23-18/h2-4,7-10,13H,5-6,11H2,1H3,(H,24,28). The Labute approximate surface area is 180 Å². The Morgan fingerprint density at radius 2 is 2.17 bits per heavy atom. The molecule has 4 heterocycles. The lowest BCUT2D eigenvalue weighted by molar-refractivity contribution is 0.0952. The predicted molar refractivity (Wildman–Crippen MR) is 117 cm³/mol. The lowest BCUT2D eigenvalue weighted by atomic mass is 10.1. The van der Waals surface area contributed by atoms with Crippen molar-refractivity contribution in [2.75, 3.05) is 0 Å². The lowest BCUT2D eigenvalue weighted by Gasteiger charge is -2.09. The van der Waals surface area contributed by atoms with Crippen LogP contribution in [0.4, 0.5) is 0 Å². The van der Waals surface area contributed by atoms with Crippen molar-refractivity contribution in [2.24, 2.45) is 0 Å². The van der Waals surface area contributed by atoms with Crippen molar-refractivity contribution in [1.82, 2.24) is 25.1 Å². The highest BCUT2D eigenvalue weighted by Crippen LogP contribution is 2.40. The molecule has 1 saturated carbocycles. The molecule has 6 nitrogen and oxygen atoms in total. The van der Waals surface area contributed by atoms with E-state index in [1.807, 2.05) is 43.3 Å². The third-order valence-electron chi connectivity index (χ3n) is 4.99. The summed E-state index contributed by atoms with van der Waals surface area (Å²) < 4.78 is 2.79. The number of thiophene rings is 1. The van der Waals surface area contributed by atoms with Crippen LogP contribution in [0.2, 0.25) is 0 Å². The maximum absolute atomic E-state index is 13.1. The number of fused-ring (bicyclic) bond motifs is 1. The predicted octanol–water partition coefficient (Wildman–Crippen LogP) is 4.76. The molecule has 0 unspecified atom stereocenters. The van der Waals surface area contributed by atoms with Gasteiger partial charge in [0.25, 0.3) is 5.91 Å². The number of nitrogens with zero attached hydrogens (tertiary/aromatic N) is 4. The Hall–Kier alpha value is -2.58. The summed E-state index contributed by atoms with van der Waals surface area (Å²) in [5.74, 6) is 1.01. The van der Waals surface area contributed by atoms with E-state index in [4.69, 9.17) is 4.98 Å². The second kappa shape index (κ2) is 7.35. The van der Waals surface area contributed by atoms with Crippen LogP contribution in [0.25, 0.3) is 16.9 Å². The van der Waals surface area contributed by atoms with E-state index in [1.165, 1.54) is 0 Å². The quantitative estimate of drug-likeness (QED) is 0.459. The van der Waals surface area contributed by atoms with E-state index in [-0.39, 0.29) is 5.91 Å². The summed E-state index contributed by atoms with van der Waals surface area (Å²) in [7, 11) is 0. The number of rotatable bonds is 5. The first-order valence-corrected chi connectivity index (χ1v) is 11.0. The number of carbonyl (C=O) groups is 1. The van der Waals surface area contributed by atoms with Crippen LogP contribution in [-0.2, 0) is 6.54 Å². The van der Waals surface area contributed by atoms with Gasteiger partial charge in [-0.1, -0.05) is 6.07 Å². The molecule has 0 bridgehead atoms. The van der Waals surface area contributed by atoms with Crippen LogP contribution < -0.4 is 5.32 Å². The molecule has 29 heavy (non-hydrogen) atoms. The first-order chi connectivity index (χ1) is 14.1. The molecule has 0 radical (unpaired) electrons. The largest absolute Gasteiger partial charge is 0.347 e. The van der Waals surface area contributed by atoms with Gasteiger partial charge >= 0.3 is 0 Å². The van der Waals surface area contributed by atoms with Gasteiger partial charge in [0.2, 0.25) is 0 Å². The minimum absolute atomic E-state index is 0.104. The van der Waals surface area contributed by atoms with Gasteiger partial charge in [0.15, 0.2) is 11.5 Å². The molecule has 1 fully saturated rings. The maximum Gasteiger partial charge on any atom is 0.252 e. The summed E-state index contributed by atoms with van der Waals surface area (Å²) in [5, 5.41) is 8.49. The summed E-state index contributed by atoms with van der Waals surface area (Å²) in [6, 6.07) is 11.6. The summed E-state index contributed by atoms with van der Waals surface area (Å²) in [6.45, 7) is 2.40. The Morgan fingerprint density at radius 1 is 1.31 bits per heavy atom. The van der Waals surface area contributed by atoms with Crippen molar-refractivity contribution < 1.29 is 4.79 Å². The van der Waals surface area contributed by atoms with Crippen LogP contribution in [0.5, 0.6) is 0 Å². The van der Waals surface area contributed by atoms with Gasteiger partial charge in [-0.05, 0) is 66.0 Å². The molecule has 8 heteroatoms. The zero-order chi connectivity index (χ0) is 20.0. The highest BCUT2D eigenvalue weighted by Gasteiger charge is 2.29. The fourth-order valence-electron chi connectivity index (χ4n) is 3.42. The molecule has 0 aromatic carbocycles. The summed E-state index contributed by atoms with van der Waals surface area (Å²) in [6.07, 6.45) is 3.95. The number of amides is 1. The SMILES string of the molecule is Cc1nn(-c2ccccn2)c2nc(C3CC3)cc(C(=O)NCc3ccc(Br)s3)c12.